The second kappa shape index (κ2) is 7.84. The van der Waals surface area contributed by atoms with Crippen LogP contribution in [0.25, 0.3) is 0 Å². The summed E-state index contributed by atoms with van der Waals surface area (Å²) >= 11 is 3.25. The normalized spacial score (nSPS) is 11.7. The Morgan fingerprint density at radius 3 is 2.48 bits per heavy atom. The minimum atomic E-state index is -0.465. The first-order valence-electron chi connectivity index (χ1n) is 6.67. The average molecular weight is 349 g/mol. The second-order valence-corrected chi connectivity index (χ2v) is 5.68. The molecule has 2 aromatic carbocycles. The van der Waals surface area contributed by atoms with Gasteiger partial charge < -0.3 is 9.47 Å². The van der Waals surface area contributed by atoms with Crippen LogP contribution in [0.5, 0.6) is 5.75 Å². The zero-order chi connectivity index (χ0) is 15.1. The summed E-state index contributed by atoms with van der Waals surface area (Å²) in [6.07, 6.45) is 0.794. The number of rotatable bonds is 6. The average Bonchev–Trinajstić information content (AvgIpc) is 2.54. The molecule has 0 aliphatic carbocycles. The number of hydrogen-bond acceptors (Lipinski definition) is 3. The van der Waals surface area contributed by atoms with Gasteiger partial charge in [-0.15, -0.1) is 0 Å². The predicted octanol–water partition coefficient (Wildman–Crippen LogP) is 3.59. The fraction of sp³-hybridized carbons (Fsp3) is 0.235. The summed E-state index contributed by atoms with van der Waals surface area (Å²) in [5.41, 5.74) is 2.31. The van der Waals surface area contributed by atoms with Crippen LogP contribution in [-0.2, 0) is 16.0 Å². The summed E-state index contributed by atoms with van der Waals surface area (Å²) in [7, 11) is 1.36. The van der Waals surface area contributed by atoms with Crippen molar-refractivity contribution in [2.24, 2.45) is 0 Å². The fourth-order valence-corrected chi connectivity index (χ4v) is 2.28. The molecule has 0 bridgehead atoms. The van der Waals surface area contributed by atoms with Gasteiger partial charge in [0, 0.05) is 6.42 Å². The molecule has 0 amide bonds. The Morgan fingerprint density at radius 1 is 1.10 bits per heavy atom. The van der Waals surface area contributed by atoms with Gasteiger partial charge in [0.25, 0.3) is 0 Å². The standard InChI is InChI=1S/C17H17BrO3/c1-20-17(19)15(18)12-21-16-10-6-5-9-14(16)11-13-7-3-2-4-8-13/h2-10,15H,11-12H2,1H3. The Hall–Kier alpha value is -1.81. The minimum Gasteiger partial charge on any atom is -0.492 e. The summed E-state index contributed by atoms with van der Waals surface area (Å²) in [4.78, 5) is 10.9. The first-order valence-corrected chi connectivity index (χ1v) is 7.59. The Kier molecular flexibility index (Phi) is 5.81. The lowest BCUT2D eigenvalue weighted by Crippen LogP contribution is -2.23. The van der Waals surface area contributed by atoms with Gasteiger partial charge in [0.2, 0.25) is 0 Å². The van der Waals surface area contributed by atoms with Crippen molar-refractivity contribution in [2.75, 3.05) is 13.7 Å². The van der Waals surface area contributed by atoms with Gasteiger partial charge in [-0.2, -0.15) is 0 Å². The van der Waals surface area contributed by atoms with Crippen molar-refractivity contribution in [1.29, 1.82) is 0 Å². The van der Waals surface area contributed by atoms with Crippen LogP contribution in [0.2, 0.25) is 0 Å². The van der Waals surface area contributed by atoms with Crippen LogP contribution < -0.4 is 4.74 Å². The van der Waals surface area contributed by atoms with E-state index in [0.29, 0.717) is 0 Å². The minimum absolute atomic E-state index is 0.235. The third-order valence-corrected chi connectivity index (χ3v) is 3.69. The van der Waals surface area contributed by atoms with E-state index in [1.54, 1.807) is 0 Å². The first-order chi connectivity index (χ1) is 10.2. The van der Waals surface area contributed by atoms with Gasteiger partial charge in [-0.1, -0.05) is 64.5 Å². The van der Waals surface area contributed by atoms with Crippen LogP contribution in [0.1, 0.15) is 11.1 Å². The highest BCUT2D eigenvalue weighted by Crippen LogP contribution is 2.22. The molecule has 3 nitrogen and oxygen atoms in total. The number of para-hydroxylation sites is 1. The molecule has 2 rings (SSSR count). The number of esters is 1. The molecule has 0 aromatic heterocycles. The molecule has 0 radical (unpaired) electrons. The molecular formula is C17H17BrO3. The summed E-state index contributed by atoms with van der Waals surface area (Å²) < 4.78 is 10.4. The van der Waals surface area contributed by atoms with E-state index in [9.17, 15) is 4.79 Å². The molecule has 1 atom stereocenters. The highest BCUT2D eigenvalue weighted by molar-refractivity contribution is 9.10. The van der Waals surface area contributed by atoms with Crippen molar-refractivity contribution in [3.63, 3.8) is 0 Å². The third-order valence-electron chi connectivity index (χ3n) is 3.05. The second-order valence-electron chi connectivity index (χ2n) is 4.57. The van der Waals surface area contributed by atoms with Crippen molar-refractivity contribution >= 4 is 21.9 Å². The smallest absolute Gasteiger partial charge is 0.322 e. The van der Waals surface area contributed by atoms with E-state index in [1.807, 2.05) is 42.5 Å². The van der Waals surface area contributed by atoms with Crippen LogP contribution in [0.4, 0.5) is 0 Å². The van der Waals surface area contributed by atoms with Crippen molar-refractivity contribution in [3.8, 4) is 5.75 Å². The molecular weight excluding hydrogens is 332 g/mol. The Bertz CT molecular complexity index is 584. The van der Waals surface area contributed by atoms with E-state index < -0.39 is 4.83 Å². The Balaban J connectivity index is 2.05. The van der Waals surface area contributed by atoms with E-state index in [2.05, 4.69) is 32.8 Å². The number of carbonyl (C=O) groups is 1. The summed E-state index contributed by atoms with van der Waals surface area (Å²) in [5, 5.41) is 0. The van der Waals surface area contributed by atoms with Gasteiger partial charge in [-0.3, -0.25) is 4.79 Å². The van der Waals surface area contributed by atoms with E-state index in [0.717, 1.165) is 17.7 Å². The van der Waals surface area contributed by atoms with Gasteiger partial charge in [-0.25, -0.2) is 0 Å². The number of hydrogen-bond donors (Lipinski definition) is 0. The topological polar surface area (TPSA) is 35.5 Å². The highest BCUT2D eigenvalue weighted by Gasteiger charge is 2.16. The van der Waals surface area contributed by atoms with E-state index >= 15 is 0 Å². The largest absolute Gasteiger partial charge is 0.492 e. The number of methoxy groups -OCH3 is 1. The first kappa shape index (κ1) is 15.6. The molecule has 0 heterocycles. The quantitative estimate of drug-likeness (QED) is 0.591. The van der Waals surface area contributed by atoms with Gasteiger partial charge in [-0.05, 0) is 17.2 Å². The van der Waals surface area contributed by atoms with Crippen LogP contribution in [-0.4, -0.2) is 24.5 Å². The number of carbonyl (C=O) groups excluding carboxylic acids is 1. The third kappa shape index (κ3) is 4.60. The molecule has 0 spiro atoms. The molecule has 2 aromatic rings. The van der Waals surface area contributed by atoms with Crippen LogP contribution in [0.15, 0.2) is 54.6 Å². The molecule has 0 saturated heterocycles. The molecule has 4 heteroatoms. The number of benzene rings is 2. The van der Waals surface area contributed by atoms with Gasteiger partial charge in [0.15, 0.2) is 0 Å². The van der Waals surface area contributed by atoms with Crippen molar-refractivity contribution in [1.82, 2.24) is 0 Å². The van der Waals surface area contributed by atoms with Crippen LogP contribution in [0, 0.1) is 0 Å². The Morgan fingerprint density at radius 2 is 1.76 bits per heavy atom. The van der Waals surface area contributed by atoms with E-state index in [-0.39, 0.29) is 12.6 Å². The lowest BCUT2D eigenvalue weighted by molar-refractivity contribution is -0.140. The molecule has 0 saturated carbocycles. The summed E-state index contributed by atoms with van der Waals surface area (Å²) in [6.45, 7) is 0.235. The lowest BCUT2D eigenvalue weighted by Gasteiger charge is -2.13. The molecule has 1 unspecified atom stereocenters. The zero-order valence-electron chi connectivity index (χ0n) is 11.8. The molecule has 0 N–H and O–H groups in total. The van der Waals surface area contributed by atoms with Crippen LogP contribution >= 0.6 is 15.9 Å². The zero-order valence-corrected chi connectivity index (χ0v) is 13.4. The molecule has 0 aliphatic heterocycles. The van der Waals surface area contributed by atoms with E-state index in [4.69, 9.17) is 4.74 Å². The number of halogens is 1. The Labute approximate surface area is 133 Å². The monoisotopic (exact) mass is 348 g/mol. The lowest BCUT2D eigenvalue weighted by atomic mass is 10.0. The van der Waals surface area contributed by atoms with Crippen molar-refractivity contribution in [3.05, 3.63) is 65.7 Å². The predicted molar refractivity (Wildman–Crippen MR) is 85.9 cm³/mol. The number of alkyl halides is 1. The fourth-order valence-electron chi connectivity index (χ4n) is 1.97. The van der Waals surface area contributed by atoms with Crippen LogP contribution in [0.3, 0.4) is 0 Å². The molecule has 0 fully saturated rings. The molecule has 110 valence electrons. The highest BCUT2D eigenvalue weighted by atomic mass is 79.9. The maximum Gasteiger partial charge on any atom is 0.322 e. The van der Waals surface area contributed by atoms with E-state index in [1.165, 1.54) is 12.7 Å². The van der Waals surface area contributed by atoms with Crippen molar-refractivity contribution < 1.29 is 14.3 Å². The van der Waals surface area contributed by atoms with Gasteiger partial charge in [0.1, 0.15) is 17.2 Å². The van der Waals surface area contributed by atoms with Crippen molar-refractivity contribution in [2.45, 2.75) is 11.2 Å². The van der Waals surface area contributed by atoms with Gasteiger partial charge >= 0.3 is 5.97 Å². The summed E-state index contributed by atoms with van der Waals surface area (Å²) in [6, 6.07) is 18.0. The maximum absolute atomic E-state index is 11.4. The number of ether oxygens (including phenoxy) is 2. The van der Waals surface area contributed by atoms with Gasteiger partial charge in [0.05, 0.1) is 7.11 Å². The summed E-state index contributed by atoms with van der Waals surface area (Å²) in [5.74, 6) is 0.449. The molecule has 21 heavy (non-hydrogen) atoms. The maximum atomic E-state index is 11.4. The molecule has 0 aliphatic rings. The SMILES string of the molecule is COC(=O)C(Br)COc1ccccc1Cc1ccccc1.